The highest BCUT2D eigenvalue weighted by molar-refractivity contribution is 8.14. The van der Waals surface area contributed by atoms with Gasteiger partial charge in [-0.05, 0) is 13.3 Å². The molecule has 1 atom stereocenters. The molecule has 0 saturated carbocycles. The molecule has 1 N–H and O–H groups in total. The van der Waals surface area contributed by atoms with Crippen LogP contribution < -0.4 is 5.32 Å². The zero-order valence-electron chi connectivity index (χ0n) is 8.46. The van der Waals surface area contributed by atoms with Crippen LogP contribution in [0.1, 0.15) is 26.7 Å². The summed E-state index contributed by atoms with van der Waals surface area (Å²) in [6, 6.07) is 0. The van der Waals surface area contributed by atoms with E-state index in [2.05, 4.69) is 5.32 Å². The summed E-state index contributed by atoms with van der Waals surface area (Å²) in [4.78, 5) is 22.7. The van der Waals surface area contributed by atoms with E-state index >= 15 is 0 Å². The van der Waals surface area contributed by atoms with Gasteiger partial charge in [-0.1, -0.05) is 25.1 Å². The van der Waals surface area contributed by atoms with Crippen molar-refractivity contribution in [2.75, 3.05) is 12.4 Å². The number of ether oxygens (including phenoxy) is 1. The van der Waals surface area contributed by atoms with Crippen LogP contribution in [0.3, 0.4) is 0 Å². The third kappa shape index (κ3) is 2.20. The highest BCUT2D eigenvalue weighted by atomic mass is 32.2. The molecule has 80 valence electrons. The number of rotatable bonds is 4. The Kier molecular flexibility index (Phi) is 3.80. The molecule has 1 heterocycles. The lowest BCUT2D eigenvalue weighted by Crippen LogP contribution is -2.51. The zero-order valence-corrected chi connectivity index (χ0v) is 9.28. The summed E-state index contributed by atoms with van der Waals surface area (Å²) in [5.74, 6) is 0.179. The van der Waals surface area contributed by atoms with Gasteiger partial charge in [0.05, 0.1) is 6.61 Å². The Morgan fingerprint density at radius 2 is 2.36 bits per heavy atom. The molecule has 0 aromatic carbocycles. The fraction of sp³-hybridized carbons (Fsp3) is 0.778. The smallest absolute Gasteiger partial charge is 0.332 e. The standard InChI is InChI=1S/C9H15NO3S/c1-3-5-9(7(11)13-4-2)6-14-8(12)10-9/h3-6H2,1-2H3,(H,10,12)/t9-/m1/s1. The summed E-state index contributed by atoms with van der Waals surface area (Å²) in [5, 5.41) is 2.57. The molecule has 5 heteroatoms. The predicted octanol–water partition coefficient (Wildman–Crippen LogP) is 1.54. The van der Waals surface area contributed by atoms with Gasteiger partial charge in [0.1, 0.15) is 5.54 Å². The van der Waals surface area contributed by atoms with Crippen molar-refractivity contribution in [3.63, 3.8) is 0 Å². The molecule has 0 aromatic rings. The largest absolute Gasteiger partial charge is 0.464 e. The third-order valence-corrected chi connectivity index (χ3v) is 3.14. The van der Waals surface area contributed by atoms with E-state index in [-0.39, 0.29) is 11.2 Å². The number of carbonyl (C=O) groups is 2. The highest BCUT2D eigenvalue weighted by Crippen LogP contribution is 2.28. The number of hydrogen-bond acceptors (Lipinski definition) is 4. The normalized spacial score (nSPS) is 26.0. The van der Waals surface area contributed by atoms with Gasteiger partial charge in [0.15, 0.2) is 0 Å². The summed E-state index contributed by atoms with van der Waals surface area (Å²) >= 11 is 1.15. The lowest BCUT2D eigenvalue weighted by molar-refractivity contribution is -0.149. The first-order chi connectivity index (χ1) is 6.64. The lowest BCUT2D eigenvalue weighted by atomic mass is 9.96. The van der Waals surface area contributed by atoms with Gasteiger partial charge in [-0.25, -0.2) is 4.79 Å². The molecular weight excluding hydrogens is 202 g/mol. The zero-order chi connectivity index (χ0) is 10.6. The van der Waals surface area contributed by atoms with Crippen molar-refractivity contribution in [3.05, 3.63) is 0 Å². The maximum atomic E-state index is 11.7. The minimum Gasteiger partial charge on any atom is -0.464 e. The monoisotopic (exact) mass is 217 g/mol. The number of esters is 1. The Morgan fingerprint density at radius 3 is 2.79 bits per heavy atom. The number of amides is 1. The number of nitrogens with one attached hydrogen (secondary N) is 1. The van der Waals surface area contributed by atoms with E-state index in [1.165, 1.54) is 0 Å². The molecule has 1 fully saturated rings. The Morgan fingerprint density at radius 1 is 1.64 bits per heavy atom. The molecule has 1 rings (SSSR count). The molecule has 0 aliphatic carbocycles. The third-order valence-electron chi connectivity index (χ3n) is 2.13. The van der Waals surface area contributed by atoms with Gasteiger partial charge in [0.2, 0.25) is 0 Å². The van der Waals surface area contributed by atoms with Crippen LogP contribution >= 0.6 is 11.8 Å². The first-order valence-electron chi connectivity index (χ1n) is 4.77. The molecule has 0 bridgehead atoms. The Labute approximate surface area is 87.8 Å². The molecular formula is C9H15NO3S. The molecule has 14 heavy (non-hydrogen) atoms. The number of thioether (sulfide) groups is 1. The van der Waals surface area contributed by atoms with Crippen LogP contribution in [0.4, 0.5) is 4.79 Å². The molecule has 1 saturated heterocycles. The van der Waals surface area contributed by atoms with Gasteiger partial charge in [-0.3, -0.25) is 4.79 Å². The van der Waals surface area contributed by atoms with Crippen molar-refractivity contribution in [2.45, 2.75) is 32.2 Å². The number of carbonyl (C=O) groups excluding carboxylic acids is 2. The summed E-state index contributed by atoms with van der Waals surface area (Å²) < 4.78 is 4.96. The predicted molar refractivity (Wildman–Crippen MR) is 55.3 cm³/mol. The maximum Gasteiger partial charge on any atom is 0.332 e. The van der Waals surface area contributed by atoms with Crippen molar-refractivity contribution in [3.8, 4) is 0 Å². The van der Waals surface area contributed by atoms with Crippen molar-refractivity contribution in [1.29, 1.82) is 0 Å². The fourth-order valence-corrected chi connectivity index (χ4v) is 2.48. The topological polar surface area (TPSA) is 55.4 Å². The second-order valence-corrected chi connectivity index (χ2v) is 4.20. The Bertz CT molecular complexity index is 244. The Hall–Kier alpha value is -0.710. The first kappa shape index (κ1) is 11.4. The van der Waals surface area contributed by atoms with Crippen LogP contribution in [0.15, 0.2) is 0 Å². The van der Waals surface area contributed by atoms with E-state index in [1.54, 1.807) is 6.92 Å². The van der Waals surface area contributed by atoms with Gasteiger partial charge < -0.3 is 10.1 Å². The van der Waals surface area contributed by atoms with Crippen LogP contribution in [0.2, 0.25) is 0 Å². The molecule has 0 spiro atoms. The molecule has 1 aliphatic heterocycles. The average molecular weight is 217 g/mol. The summed E-state index contributed by atoms with van der Waals surface area (Å²) in [6.07, 6.45) is 1.49. The second-order valence-electron chi connectivity index (χ2n) is 3.25. The van der Waals surface area contributed by atoms with Gasteiger partial charge in [0, 0.05) is 5.75 Å². The first-order valence-corrected chi connectivity index (χ1v) is 5.75. The molecule has 4 nitrogen and oxygen atoms in total. The maximum absolute atomic E-state index is 11.7. The molecule has 0 unspecified atom stereocenters. The van der Waals surface area contributed by atoms with Crippen LogP contribution in [-0.4, -0.2) is 29.1 Å². The van der Waals surface area contributed by atoms with Crippen LogP contribution in [0.25, 0.3) is 0 Å². The van der Waals surface area contributed by atoms with Crippen molar-refractivity contribution in [1.82, 2.24) is 5.32 Å². The van der Waals surface area contributed by atoms with E-state index in [0.29, 0.717) is 18.8 Å². The SMILES string of the molecule is CCC[C@]1(C(=O)OCC)CSC(=O)N1. The van der Waals surface area contributed by atoms with Crippen LogP contribution in [-0.2, 0) is 9.53 Å². The minimum atomic E-state index is -0.771. The molecule has 1 amide bonds. The van der Waals surface area contributed by atoms with Crippen molar-refractivity contribution >= 4 is 23.0 Å². The van der Waals surface area contributed by atoms with Crippen molar-refractivity contribution < 1.29 is 14.3 Å². The molecule has 0 aromatic heterocycles. The van der Waals surface area contributed by atoms with E-state index in [0.717, 1.165) is 18.2 Å². The molecule has 0 radical (unpaired) electrons. The van der Waals surface area contributed by atoms with Crippen LogP contribution in [0.5, 0.6) is 0 Å². The van der Waals surface area contributed by atoms with Gasteiger partial charge in [0.25, 0.3) is 5.24 Å². The quantitative estimate of drug-likeness (QED) is 0.726. The molecule has 1 aliphatic rings. The summed E-state index contributed by atoms with van der Waals surface area (Å²) in [6.45, 7) is 4.10. The van der Waals surface area contributed by atoms with Crippen LogP contribution in [0, 0.1) is 0 Å². The van der Waals surface area contributed by atoms with Gasteiger partial charge in [-0.15, -0.1) is 0 Å². The van der Waals surface area contributed by atoms with E-state index < -0.39 is 5.54 Å². The Balaban J connectivity index is 2.71. The lowest BCUT2D eigenvalue weighted by Gasteiger charge is -2.24. The van der Waals surface area contributed by atoms with Crippen molar-refractivity contribution in [2.24, 2.45) is 0 Å². The minimum absolute atomic E-state index is 0.133. The summed E-state index contributed by atoms with van der Waals surface area (Å²) in [5.41, 5.74) is -0.771. The van der Waals surface area contributed by atoms with Gasteiger partial charge in [-0.2, -0.15) is 0 Å². The fourth-order valence-electron chi connectivity index (χ4n) is 1.50. The second kappa shape index (κ2) is 4.68. The van der Waals surface area contributed by atoms with E-state index in [1.807, 2.05) is 6.92 Å². The highest BCUT2D eigenvalue weighted by Gasteiger charge is 2.45. The van der Waals surface area contributed by atoms with E-state index in [9.17, 15) is 9.59 Å². The summed E-state index contributed by atoms with van der Waals surface area (Å²) in [7, 11) is 0. The van der Waals surface area contributed by atoms with E-state index in [4.69, 9.17) is 4.74 Å². The number of hydrogen-bond donors (Lipinski definition) is 1. The van der Waals surface area contributed by atoms with Gasteiger partial charge >= 0.3 is 5.97 Å². The average Bonchev–Trinajstić information content (AvgIpc) is 2.50.